The van der Waals surface area contributed by atoms with Crippen molar-refractivity contribution in [1.82, 2.24) is 5.43 Å². The molecule has 112 valence electrons. The third kappa shape index (κ3) is 5.66. The summed E-state index contributed by atoms with van der Waals surface area (Å²) in [6, 6.07) is 4.03. The molecule has 0 unspecified atom stereocenters. The molecule has 0 fully saturated rings. The van der Waals surface area contributed by atoms with Gasteiger partial charge in [-0.15, -0.1) is 13.2 Å². The second-order valence-electron chi connectivity index (χ2n) is 4.03. The predicted octanol–water partition coefficient (Wildman–Crippen LogP) is 2.99. The first-order valence-corrected chi connectivity index (χ1v) is 6.37. The molecule has 0 aliphatic rings. The minimum atomic E-state index is -4.74. The molecule has 0 aliphatic carbocycles. The van der Waals surface area contributed by atoms with Crippen LogP contribution in [0.4, 0.5) is 18.9 Å². The number of anilines is 1. The summed E-state index contributed by atoms with van der Waals surface area (Å²) in [5.74, 6) is 5.27. The van der Waals surface area contributed by atoms with Gasteiger partial charge in [-0.05, 0) is 48.0 Å². The van der Waals surface area contributed by atoms with Crippen LogP contribution >= 0.6 is 15.9 Å². The van der Waals surface area contributed by atoms with Crippen LogP contribution in [0.2, 0.25) is 0 Å². The van der Waals surface area contributed by atoms with Crippen molar-refractivity contribution in [2.24, 2.45) is 10.8 Å². The Bertz CT molecular complexity index is 491. The lowest BCUT2D eigenvalue weighted by Crippen LogP contribution is -2.36. The number of aliphatic imine (C=N–C) groups is 1. The van der Waals surface area contributed by atoms with Crippen molar-refractivity contribution in [2.75, 3.05) is 5.32 Å². The highest BCUT2D eigenvalue weighted by atomic mass is 79.9. The van der Waals surface area contributed by atoms with Gasteiger partial charge < -0.3 is 10.1 Å². The summed E-state index contributed by atoms with van der Waals surface area (Å²) in [6.07, 6.45) is -4.74. The maximum atomic E-state index is 12.1. The number of hydrogen-bond donors (Lipinski definition) is 3. The topological polar surface area (TPSA) is 71.7 Å². The first-order chi connectivity index (χ1) is 9.21. The third-order valence-electron chi connectivity index (χ3n) is 1.94. The van der Waals surface area contributed by atoms with Crippen LogP contribution in [-0.2, 0) is 0 Å². The molecule has 1 rings (SSSR count). The summed E-state index contributed by atoms with van der Waals surface area (Å²) in [7, 11) is 0. The molecular formula is C11H14BrF3N4O. The fourth-order valence-corrected chi connectivity index (χ4v) is 1.75. The zero-order chi connectivity index (χ0) is 15.3. The average Bonchev–Trinajstić information content (AvgIpc) is 2.29. The van der Waals surface area contributed by atoms with E-state index in [0.717, 1.165) is 0 Å². The van der Waals surface area contributed by atoms with Gasteiger partial charge in [0.2, 0.25) is 5.96 Å². The standard InChI is InChI=1S/C11H14BrF3N4O/c1-6(2)17-10(19-16)18-7-3-4-9(8(12)5-7)20-11(13,14)15/h3-6H,16H2,1-2H3,(H2,17,18,19). The molecule has 1 aromatic rings. The van der Waals surface area contributed by atoms with Crippen LogP contribution in [0.3, 0.4) is 0 Å². The highest BCUT2D eigenvalue weighted by Crippen LogP contribution is 2.32. The molecule has 0 amide bonds. The summed E-state index contributed by atoms with van der Waals surface area (Å²) in [5.41, 5.74) is 2.87. The van der Waals surface area contributed by atoms with E-state index >= 15 is 0 Å². The molecule has 0 aliphatic heterocycles. The first-order valence-electron chi connectivity index (χ1n) is 5.58. The van der Waals surface area contributed by atoms with Gasteiger partial charge in [0, 0.05) is 11.7 Å². The van der Waals surface area contributed by atoms with Gasteiger partial charge in [0.25, 0.3) is 0 Å². The van der Waals surface area contributed by atoms with Crippen molar-refractivity contribution in [1.29, 1.82) is 0 Å². The van der Waals surface area contributed by atoms with Gasteiger partial charge in [0.1, 0.15) is 5.75 Å². The van der Waals surface area contributed by atoms with Gasteiger partial charge in [-0.25, -0.2) is 10.8 Å². The molecule has 0 aromatic heterocycles. The fourth-order valence-electron chi connectivity index (χ4n) is 1.29. The van der Waals surface area contributed by atoms with Gasteiger partial charge in [0.15, 0.2) is 0 Å². The monoisotopic (exact) mass is 354 g/mol. The number of halogens is 4. The number of rotatable bonds is 3. The van der Waals surface area contributed by atoms with E-state index < -0.39 is 6.36 Å². The number of hydrogen-bond acceptors (Lipinski definition) is 3. The van der Waals surface area contributed by atoms with E-state index in [4.69, 9.17) is 5.84 Å². The summed E-state index contributed by atoms with van der Waals surface area (Å²) < 4.78 is 40.4. The second kappa shape index (κ2) is 6.80. The van der Waals surface area contributed by atoms with Gasteiger partial charge >= 0.3 is 6.36 Å². The molecule has 1 aromatic carbocycles. The average molecular weight is 355 g/mol. The molecule has 0 atom stereocenters. The lowest BCUT2D eigenvalue weighted by Gasteiger charge is -2.13. The number of hydrazine groups is 1. The minimum Gasteiger partial charge on any atom is -0.405 e. The Morgan fingerprint density at radius 2 is 2.05 bits per heavy atom. The Balaban J connectivity index is 2.87. The number of alkyl halides is 3. The molecule has 4 N–H and O–H groups in total. The fraction of sp³-hybridized carbons (Fsp3) is 0.364. The highest BCUT2D eigenvalue weighted by molar-refractivity contribution is 9.10. The van der Waals surface area contributed by atoms with Crippen molar-refractivity contribution in [3.8, 4) is 5.75 Å². The van der Waals surface area contributed by atoms with Crippen molar-refractivity contribution in [3.63, 3.8) is 0 Å². The van der Waals surface area contributed by atoms with Crippen LogP contribution in [0, 0.1) is 0 Å². The van der Waals surface area contributed by atoms with Crippen molar-refractivity contribution >= 4 is 27.6 Å². The summed E-state index contributed by atoms with van der Waals surface area (Å²) in [6.45, 7) is 3.71. The zero-order valence-corrected chi connectivity index (χ0v) is 12.3. The van der Waals surface area contributed by atoms with Crippen LogP contribution in [0.25, 0.3) is 0 Å². The Labute approximate surface area is 122 Å². The van der Waals surface area contributed by atoms with E-state index in [1.807, 2.05) is 13.8 Å². The van der Waals surface area contributed by atoms with E-state index in [0.29, 0.717) is 11.6 Å². The lowest BCUT2D eigenvalue weighted by molar-refractivity contribution is -0.274. The van der Waals surface area contributed by atoms with Crippen LogP contribution in [0.15, 0.2) is 27.7 Å². The van der Waals surface area contributed by atoms with Crippen LogP contribution < -0.4 is 21.3 Å². The summed E-state index contributed by atoms with van der Waals surface area (Å²) in [5, 5.41) is 2.84. The summed E-state index contributed by atoms with van der Waals surface area (Å²) >= 11 is 3.01. The van der Waals surface area contributed by atoms with Crippen molar-refractivity contribution in [3.05, 3.63) is 22.7 Å². The molecule has 0 saturated carbocycles. The van der Waals surface area contributed by atoms with Gasteiger partial charge in [-0.1, -0.05) is 0 Å². The molecule has 0 spiro atoms. The SMILES string of the molecule is CC(C)N=C(NN)Nc1ccc(OC(F)(F)F)c(Br)c1. The molecule has 0 saturated heterocycles. The van der Waals surface area contributed by atoms with Crippen LogP contribution in [-0.4, -0.2) is 18.4 Å². The number of nitrogens with one attached hydrogen (secondary N) is 2. The van der Waals surface area contributed by atoms with E-state index in [1.54, 1.807) is 0 Å². The number of nitrogens with two attached hydrogens (primary N) is 1. The van der Waals surface area contributed by atoms with E-state index in [-0.39, 0.29) is 16.3 Å². The first kappa shape index (κ1) is 16.6. The Morgan fingerprint density at radius 1 is 1.40 bits per heavy atom. The normalized spacial score (nSPS) is 12.5. The number of nitrogens with zero attached hydrogens (tertiary/aromatic N) is 1. The number of benzene rings is 1. The second-order valence-corrected chi connectivity index (χ2v) is 4.89. The Kier molecular flexibility index (Phi) is 5.63. The third-order valence-corrected chi connectivity index (χ3v) is 2.56. The van der Waals surface area contributed by atoms with Crippen LogP contribution in [0.1, 0.15) is 13.8 Å². The smallest absolute Gasteiger partial charge is 0.405 e. The molecule has 0 radical (unpaired) electrons. The van der Waals surface area contributed by atoms with E-state index in [1.165, 1.54) is 18.2 Å². The molecule has 0 heterocycles. The molecule has 9 heteroatoms. The molecule has 20 heavy (non-hydrogen) atoms. The van der Waals surface area contributed by atoms with Crippen molar-refractivity contribution in [2.45, 2.75) is 26.3 Å². The maximum Gasteiger partial charge on any atom is 0.573 e. The molecule has 5 nitrogen and oxygen atoms in total. The largest absolute Gasteiger partial charge is 0.573 e. The summed E-state index contributed by atoms with van der Waals surface area (Å²) in [4.78, 5) is 4.15. The van der Waals surface area contributed by atoms with E-state index in [9.17, 15) is 13.2 Å². The lowest BCUT2D eigenvalue weighted by atomic mass is 10.3. The van der Waals surface area contributed by atoms with Gasteiger partial charge in [0.05, 0.1) is 4.47 Å². The predicted molar refractivity (Wildman–Crippen MR) is 74.3 cm³/mol. The van der Waals surface area contributed by atoms with Crippen LogP contribution in [0.5, 0.6) is 5.75 Å². The molecule has 0 bridgehead atoms. The Morgan fingerprint density at radius 3 is 2.50 bits per heavy atom. The Hall–Kier alpha value is -1.48. The maximum absolute atomic E-state index is 12.1. The number of guanidine groups is 1. The number of ether oxygens (including phenoxy) is 1. The molecular weight excluding hydrogens is 341 g/mol. The highest BCUT2D eigenvalue weighted by Gasteiger charge is 2.31. The quantitative estimate of drug-likeness (QED) is 0.337. The zero-order valence-electron chi connectivity index (χ0n) is 10.8. The van der Waals surface area contributed by atoms with Gasteiger partial charge in [-0.2, -0.15) is 0 Å². The minimum absolute atomic E-state index is 0.00447. The van der Waals surface area contributed by atoms with Crippen molar-refractivity contribution < 1.29 is 17.9 Å². The van der Waals surface area contributed by atoms with Gasteiger partial charge in [-0.3, -0.25) is 5.43 Å². The van der Waals surface area contributed by atoms with E-state index in [2.05, 4.69) is 36.4 Å².